The van der Waals surface area contributed by atoms with Gasteiger partial charge in [0.1, 0.15) is 0 Å². The quantitative estimate of drug-likeness (QED) is 0.428. The Balaban J connectivity index is 2.77. The van der Waals surface area contributed by atoms with Gasteiger partial charge in [-0.3, -0.25) is 0 Å². The van der Waals surface area contributed by atoms with Crippen molar-refractivity contribution in [1.29, 1.82) is 0 Å². The minimum absolute atomic E-state index is 1.01. The van der Waals surface area contributed by atoms with E-state index in [1.165, 1.54) is 51.4 Å². The summed E-state index contributed by atoms with van der Waals surface area (Å²) in [6.45, 7) is 3.27. The summed E-state index contributed by atoms with van der Waals surface area (Å²) < 4.78 is 3.96. The van der Waals surface area contributed by atoms with Gasteiger partial charge in [-0.2, -0.15) is 0 Å². The van der Waals surface area contributed by atoms with Gasteiger partial charge in [-0.15, -0.1) is 0 Å². The molecule has 72 valence electrons. The fraction of sp³-hybridized carbons (Fsp3) is 1.00. The van der Waals surface area contributed by atoms with Crippen LogP contribution in [0.2, 0.25) is 0 Å². The predicted octanol–water partition coefficient (Wildman–Crippen LogP) is 3.48. The van der Waals surface area contributed by atoms with Crippen LogP contribution < -0.4 is 0 Å². The van der Waals surface area contributed by atoms with Gasteiger partial charge in [0.15, 0.2) is 0 Å². The third-order valence-corrected chi connectivity index (χ3v) is 2.49. The van der Waals surface area contributed by atoms with E-state index >= 15 is 0 Å². The van der Waals surface area contributed by atoms with Crippen LogP contribution in [0.5, 0.6) is 0 Å². The van der Waals surface area contributed by atoms with Crippen LogP contribution in [0.15, 0.2) is 3.96 Å². The monoisotopic (exact) mass is 235 g/mol. The summed E-state index contributed by atoms with van der Waals surface area (Å²) in [4.78, 5) is 0. The average molecular weight is 234 g/mol. The summed E-state index contributed by atoms with van der Waals surface area (Å²) in [5, 5.41) is 0. The first-order valence-corrected chi connectivity index (χ1v) is 5.97. The van der Waals surface area contributed by atoms with E-state index in [1.807, 2.05) is 0 Å². The van der Waals surface area contributed by atoms with Crippen LogP contribution in [-0.2, 0) is 0 Å². The van der Waals surface area contributed by atoms with Gasteiger partial charge in [0.25, 0.3) is 0 Å². The summed E-state index contributed by atoms with van der Waals surface area (Å²) >= 11 is 2.69. The van der Waals surface area contributed by atoms with Crippen LogP contribution in [-0.4, -0.2) is 22.4 Å². The predicted molar refractivity (Wildman–Crippen MR) is 55.7 cm³/mol. The van der Waals surface area contributed by atoms with Crippen molar-refractivity contribution in [2.45, 2.75) is 58.3 Å². The number of rotatable bonds is 9. The Morgan fingerprint density at radius 1 is 0.833 bits per heavy atom. The minimum atomic E-state index is 1.01. The molecule has 0 radical (unpaired) electrons. The van der Waals surface area contributed by atoms with Crippen molar-refractivity contribution in [1.82, 2.24) is 0 Å². The summed E-state index contributed by atoms with van der Waals surface area (Å²) in [6.07, 6.45) is 11.1. The molecule has 1 nitrogen and oxygen atoms in total. The van der Waals surface area contributed by atoms with Crippen molar-refractivity contribution in [3.63, 3.8) is 0 Å². The molecule has 0 aliphatic rings. The van der Waals surface area contributed by atoms with Crippen molar-refractivity contribution >= 4 is 15.8 Å². The van der Waals surface area contributed by atoms with E-state index in [-0.39, 0.29) is 0 Å². The van der Waals surface area contributed by atoms with Crippen molar-refractivity contribution in [3.8, 4) is 0 Å². The van der Waals surface area contributed by atoms with Gasteiger partial charge in [-0.05, 0) is 0 Å². The van der Waals surface area contributed by atoms with E-state index in [0.29, 0.717) is 0 Å². The first kappa shape index (κ1) is 12.3. The van der Waals surface area contributed by atoms with Crippen LogP contribution in [0.3, 0.4) is 0 Å². The fourth-order valence-corrected chi connectivity index (χ4v) is 1.58. The standard InChI is InChI=1S/C10H21NSe/c1-2-3-4-5-6-7-8-9-10-11-12/h2-10H2,1H3. The molecule has 0 aromatic carbocycles. The van der Waals surface area contributed by atoms with E-state index in [0.717, 1.165) is 6.54 Å². The molecule has 0 unspecified atom stereocenters. The van der Waals surface area contributed by atoms with Gasteiger partial charge in [-0.1, -0.05) is 0 Å². The first-order valence-electron chi connectivity index (χ1n) is 5.21. The fourth-order valence-electron chi connectivity index (χ4n) is 1.31. The van der Waals surface area contributed by atoms with Gasteiger partial charge < -0.3 is 0 Å². The SMILES string of the molecule is CCCCCCCCCCN=[Se]. The van der Waals surface area contributed by atoms with E-state index in [2.05, 4.69) is 26.7 Å². The number of nitrogens with zero attached hydrogens (tertiary/aromatic N) is 1. The Morgan fingerprint density at radius 2 is 1.33 bits per heavy atom. The molecule has 0 aliphatic heterocycles. The van der Waals surface area contributed by atoms with Crippen LogP contribution >= 0.6 is 0 Å². The Morgan fingerprint density at radius 3 is 1.83 bits per heavy atom. The molecular formula is C10H21NSe. The van der Waals surface area contributed by atoms with Crippen LogP contribution in [0, 0.1) is 0 Å². The molecule has 2 heteroatoms. The van der Waals surface area contributed by atoms with Gasteiger partial charge in [-0.25, -0.2) is 0 Å². The number of hydrogen-bond acceptors (Lipinski definition) is 1. The van der Waals surface area contributed by atoms with E-state index in [4.69, 9.17) is 0 Å². The molecule has 0 aromatic heterocycles. The molecule has 0 amide bonds. The molecule has 0 bridgehead atoms. The summed E-state index contributed by atoms with van der Waals surface area (Å²) in [5.74, 6) is 0. The number of unbranched alkanes of at least 4 members (excludes halogenated alkanes) is 7. The summed E-state index contributed by atoms with van der Waals surface area (Å²) in [5.41, 5.74) is 0. The van der Waals surface area contributed by atoms with Crippen LogP contribution in [0.25, 0.3) is 0 Å². The van der Waals surface area contributed by atoms with Gasteiger partial charge in [0.05, 0.1) is 0 Å². The van der Waals surface area contributed by atoms with Gasteiger partial charge in [0, 0.05) is 0 Å². The zero-order chi connectivity index (χ0) is 9.07. The summed E-state index contributed by atoms with van der Waals surface area (Å²) in [6, 6.07) is 0. The Kier molecular flexibility index (Phi) is 11.6. The maximum absolute atomic E-state index is 3.96. The van der Waals surface area contributed by atoms with Crippen molar-refractivity contribution < 1.29 is 0 Å². The Labute approximate surface area is 84.9 Å². The maximum atomic E-state index is 3.96. The van der Waals surface area contributed by atoms with E-state index in [1.54, 1.807) is 0 Å². The molecule has 0 saturated heterocycles. The van der Waals surface area contributed by atoms with Crippen molar-refractivity contribution in [3.05, 3.63) is 0 Å². The normalized spacial score (nSPS) is 10.1. The van der Waals surface area contributed by atoms with Crippen molar-refractivity contribution in [2.75, 3.05) is 6.54 Å². The second-order valence-corrected chi connectivity index (χ2v) is 3.87. The molecule has 0 atom stereocenters. The molecule has 0 saturated carbocycles. The first-order chi connectivity index (χ1) is 5.91. The Bertz CT molecular complexity index is 93.8. The Hall–Kier alpha value is 0.319. The molecule has 0 spiro atoms. The zero-order valence-corrected chi connectivity index (χ0v) is 9.93. The van der Waals surface area contributed by atoms with Gasteiger partial charge >= 0.3 is 84.6 Å². The van der Waals surface area contributed by atoms with Crippen molar-refractivity contribution in [2.24, 2.45) is 3.96 Å². The van der Waals surface area contributed by atoms with Crippen LogP contribution in [0.1, 0.15) is 58.3 Å². The second-order valence-electron chi connectivity index (χ2n) is 3.33. The zero-order valence-electron chi connectivity index (χ0n) is 8.22. The molecule has 0 heterocycles. The molecule has 0 aliphatic carbocycles. The molecule has 0 N–H and O–H groups in total. The molecular weight excluding hydrogens is 213 g/mol. The van der Waals surface area contributed by atoms with Gasteiger partial charge in [0.2, 0.25) is 0 Å². The third-order valence-electron chi connectivity index (χ3n) is 2.10. The molecule has 0 aromatic rings. The van der Waals surface area contributed by atoms with Crippen LogP contribution in [0.4, 0.5) is 0 Å². The molecule has 0 fully saturated rings. The molecule has 0 rings (SSSR count). The van der Waals surface area contributed by atoms with E-state index < -0.39 is 0 Å². The third kappa shape index (κ3) is 10.3. The average Bonchev–Trinajstić information content (AvgIpc) is 2.10. The number of hydrogen-bond donors (Lipinski definition) is 0. The molecule has 12 heavy (non-hydrogen) atoms. The topological polar surface area (TPSA) is 12.4 Å². The summed E-state index contributed by atoms with van der Waals surface area (Å²) in [7, 11) is 0. The van der Waals surface area contributed by atoms with E-state index in [9.17, 15) is 0 Å². The second kappa shape index (κ2) is 11.3.